The number of ether oxygens (including phenoxy) is 2. The second-order valence-electron chi connectivity index (χ2n) is 6.93. The van der Waals surface area contributed by atoms with Gasteiger partial charge < -0.3 is 24.2 Å². The molecular formula is C19H27N5O3. The molecule has 3 rings (SSSR count). The van der Waals surface area contributed by atoms with E-state index in [4.69, 9.17) is 9.47 Å². The first-order chi connectivity index (χ1) is 13.0. The molecule has 0 unspecified atom stereocenters. The second kappa shape index (κ2) is 7.85. The monoisotopic (exact) mass is 373 g/mol. The second-order valence-corrected chi connectivity index (χ2v) is 6.93. The molecule has 0 spiro atoms. The number of aromatic nitrogens is 2. The Labute approximate surface area is 159 Å². The van der Waals surface area contributed by atoms with E-state index < -0.39 is 0 Å². The van der Waals surface area contributed by atoms with Crippen molar-refractivity contribution in [3.8, 4) is 11.5 Å². The summed E-state index contributed by atoms with van der Waals surface area (Å²) in [5.74, 6) is 2.20. The van der Waals surface area contributed by atoms with Crippen molar-refractivity contribution in [2.24, 2.45) is 0 Å². The first kappa shape index (κ1) is 19.0. The van der Waals surface area contributed by atoms with Crippen LogP contribution in [0.4, 0.5) is 10.6 Å². The zero-order valence-electron chi connectivity index (χ0n) is 16.6. The maximum atomic E-state index is 12.2. The zero-order chi connectivity index (χ0) is 19.6. The Kier molecular flexibility index (Phi) is 5.53. The lowest BCUT2D eigenvalue weighted by atomic mass is 10.0. The number of anilines is 1. The quantitative estimate of drug-likeness (QED) is 0.818. The molecule has 0 radical (unpaired) electrons. The fraction of sp³-hybridized carbons (Fsp3) is 0.526. The summed E-state index contributed by atoms with van der Waals surface area (Å²) in [7, 11) is 8.67. The van der Waals surface area contributed by atoms with Gasteiger partial charge in [-0.15, -0.1) is 0 Å². The minimum absolute atomic E-state index is 0.0396. The summed E-state index contributed by atoms with van der Waals surface area (Å²) in [5, 5.41) is 0.936. The van der Waals surface area contributed by atoms with Crippen molar-refractivity contribution in [2.75, 3.05) is 53.4 Å². The molecule has 8 heteroatoms. The zero-order valence-corrected chi connectivity index (χ0v) is 16.6. The van der Waals surface area contributed by atoms with E-state index in [-0.39, 0.29) is 12.1 Å². The summed E-state index contributed by atoms with van der Waals surface area (Å²) in [6.45, 7) is 1.66. The molecular weight excluding hydrogens is 346 g/mol. The topological polar surface area (TPSA) is 71.0 Å². The molecule has 1 aromatic heterocycles. The molecule has 1 fully saturated rings. The summed E-state index contributed by atoms with van der Waals surface area (Å²) >= 11 is 0. The highest BCUT2D eigenvalue weighted by Crippen LogP contribution is 2.35. The Morgan fingerprint density at radius 2 is 1.70 bits per heavy atom. The minimum atomic E-state index is 0.0396. The van der Waals surface area contributed by atoms with Gasteiger partial charge in [-0.3, -0.25) is 0 Å². The van der Waals surface area contributed by atoms with Gasteiger partial charge in [0.1, 0.15) is 12.1 Å². The third-order valence-electron chi connectivity index (χ3n) is 5.12. The predicted octanol–water partition coefficient (Wildman–Crippen LogP) is 2.23. The summed E-state index contributed by atoms with van der Waals surface area (Å²) in [4.78, 5) is 26.8. The van der Waals surface area contributed by atoms with E-state index in [2.05, 4.69) is 14.9 Å². The van der Waals surface area contributed by atoms with Gasteiger partial charge in [0, 0.05) is 51.7 Å². The van der Waals surface area contributed by atoms with E-state index in [1.165, 1.54) is 0 Å². The Morgan fingerprint density at radius 3 is 2.30 bits per heavy atom. The van der Waals surface area contributed by atoms with Crippen LogP contribution < -0.4 is 14.4 Å². The largest absolute Gasteiger partial charge is 0.493 e. The van der Waals surface area contributed by atoms with Crippen molar-refractivity contribution in [3.63, 3.8) is 0 Å². The molecule has 1 aliphatic heterocycles. The Balaban J connectivity index is 1.82. The highest BCUT2D eigenvalue weighted by atomic mass is 16.5. The predicted molar refractivity (Wildman–Crippen MR) is 105 cm³/mol. The summed E-state index contributed by atoms with van der Waals surface area (Å²) in [6.07, 6.45) is 3.38. The third kappa shape index (κ3) is 3.70. The van der Waals surface area contributed by atoms with Gasteiger partial charge in [-0.05, 0) is 18.9 Å². The first-order valence-electron chi connectivity index (χ1n) is 9.02. The number of hydrogen-bond acceptors (Lipinski definition) is 6. The number of amides is 2. The molecule has 0 atom stereocenters. The van der Waals surface area contributed by atoms with Crippen molar-refractivity contribution in [1.82, 2.24) is 19.8 Å². The number of fused-ring (bicyclic) bond motifs is 1. The van der Waals surface area contributed by atoms with Crippen LogP contribution in [0.5, 0.6) is 11.5 Å². The summed E-state index contributed by atoms with van der Waals surface area (Å²) in [5.41, 5.74) is 0.819. The Hall–Kier alpha value is -2.77. The van der Waals surface area contributed by atoms with E-state index in [1.54, 1.807) is 39.5 Å². The smallest absolute Gasteiger partial charge is 0.319 e. The standard InChI is InChI=1S/C19H27N5O3/c1-22(2)19(25)23(3)13-6-8-24(9-7-13)18-14-10-16(26-4)17(27-5)11-15(14)20-12-21-18/h10-13H,6-9H2,1-5H3. The van der Waals surface area contributed by atoms with Crippen LogP contribution in [0.3, 0.4) is 0 Å². The molecule has 2 heterocycles. The van der Waals surface area contributed by atoms with Crippen LogP contribution in [0.15, 0.2) is 18.5 Å². The number of methoxy groups -OCH3 is 2. The molecule has 1 saturated heterocycles. The molecule has 1 aromatic carbocycles. The summed E-state index contributed by atoms with van der Waals surface area (Å²) in [6, 6.07) is 4.07. The van der Waals surface area contributed by atoms with E-state index >= 15 is 0 Å². The van der Waals surface area contributed by atoms with Gasteiger partial charge in [0.25, 0.3) is 0 Å². The molecule has 146 valence electrons. The van der Waals surface area contributed by atoms with Gasteiger partial charge >= 0.3 is 6.03 Å². The van der Waals surface area contributed by atoms with Crippen LogP contribution in [-0.2, 0) is 0 Å². The average molecular weight is 373 g/mol. The number of benzene rings is 1. The van der Waals surface area contributed by atoms with Crippen molar-refractivity contribution in [3.05, 3.63) is 18.5 Å². The molecule has 27 heavy (non-hydrogen) atoms. The maximum absolute atomic E-state index is 12.2. The van der Waals surface area contributed by atoms with Crippen molar-refractivity contribution in [1.29, 1.82) is 0 Å². The van der Waals surface area contributed by atoms with Crippen LogP contribution in [0.1, 0.15) is 12.8 Å². The number of urea groups is 1. The van der Waals surface area contributed by atoms with Crippen molar-refractivity contribution >= 4 is 22.8 Å². The van der Waals surface area contributed by atoms with E-state index in [1.807, 2.05) is 24.1 Å². The lowest BCUT2D eigenvalue weighted by molar-refractivity contribution is 0.155. The molecule has 1 aliphatic rings. The molecule has 0 bridgehead atoms. The highest BCUT2D eigenvalue weighted by Gasteiger charge is 2.27. The van der Waals surface area contributed by atoms with Gasteiger partial charge in [-0.25, -0.2) is 14.8 Å². The third-order valence-corrected chi connectivity index (χ3v) is 5.12. The molecule has 2 aromatic rings. The Morgan fingerprint density at radius 1 is 1.07 bits per heavy atom. The number of carbonyl (C=O) groups is 1. The number of rotatable bonds is 4. The number of hydrogen-bond donors (Lipinski definition) is 0. The number of piperidine rings is 1. The fourth-order valence-corrected chi connectivity index (χ4v) is 3.56. The average Bonchev–Trinajstić information content (AvgIpc) is 2.71. The van der Waals surface area contributed by atoms with Gasteiger partial charge in [0.15, 0.2) is 11.5 Å². The maximum Gasteiger partial charge on any atom is 0.319 e. The number of carbonyl (C=O) groups excluding carboxylic acids is 1. The van der Waals surface area contributed by atoms with E-state index in [9.17, 15) is 4.79 Å². The van der Waals surface area contributed by atoms with Gasteiger partial charge in [-0.2, -0.15) is 0 Å². The van der Waals surface area contributed by atoms with Crippen LogP contribution in [0, 0.1) is 0 Å². The van der Waals surface area contributed by atoms with E-state index in [0.717, 1.165) is 42.7 Å². The van der Waals surface area contributed by atoms with Crippen LogP contribution in [0.25, 0.3) is 10.9 Å². The van der Waals surface area contributed by atoms with E-state index in [0.29, 0.717) is 11.5 Å². The van der Waals surface area contributed by atoms with Crippen molar-refractivity contribution in [2.45, 2.75) is 18.9 Å². The lowest BCUT2D eigenvalue weighted by Gasteiger charge is -2.38. The lowest BCUT2D eigenvalue weighted by Crippen LogP contribution is -2.48. The van der Waals surface area contributed by atoms with Crippen LogP contribution >= 0.6 is 0 Å². The van der Waals surface area contributed by atoms with Crippen molar-refractivity contribution < 1.29 is 14.3 Å². The molecule has 0 aliphatic carbocycles. The minimum Gasteiger partial charge on any atom is -0.493 e. The Bertz CT molecular complexity index is 818. The fourth-order valence-electron chi connectivity index (χ4n) is 3.56. The van der Waals surface area contributed by atoms with Gasteiger partial charge in [0.05, 0.1) is 19.7 Å². The molecule has 2 amide bonds. The molecule has 0 saturated carbocycles. The van der Waals surface area contributed by atoms with Gasteiger partial charge in [-0.1, -0.05) is 0 Å². The SMILES string of the molecule is COc1cc2ncnc(N3CCC(N(C)C(=O)N(C)C)CC3)c2cc1OC. The number of nitrogens with zero attached hydrogens (tertiary/aromatic N) is 5. The first-order valence-corrected chi connectivity index (χ1v) is 9.02. The normalized spacial score (nSPS) is 14.9. The van der Waals surface area contributed by atoms with Crippen LogP contribution in [0.2, 0.25) is 0 Å². The highest BCUT2D eigenvalue weighted by molar-refractivity contribution is 5.92. The van der Waals surface area contributed by atoms with Crippen LogP contribution in [-0.4, -0.2) is 80.3 Å². The molecule has 8 nitrogen and oxygen atoms in total. The molecule has 0 N–H and O–H groups in total. The summed E-state index contributed by atoms with van der Waals surface area (Å²) < 4.78 is 10.8. The van der Waals surface area contributed by atoms with Gasteiger partial charge in [0.2, 0.25) is 0 Å².